The molecule has 0 bridgehead atoms. The van der Waals surface area contributed by atoms with E-state index in [2.05, 4.69) is 22.8 Å². The second-order valence-corrected chi connectivity index (χ2v) is 7.94. The van der Waals surface area contributed by atoms with Crippen LogP contribution in [0.15, 0.2) is 36.4 Å². The van der Waals surface area contributed by atoms with E-state index in [-0.39, 0.29) is 6.61 Å². The van der Waals surface area contributed by atoms with Crippen molar-refractivity contribution in [3.8, 4) is 5.75 Å². The van der Waals surface area contributed by atoms with E-state index in [1.54, 1.807) is 0 Å². The Bertz CT molecular complexity index is 777. The van der Waals surface area contributed by atoms with Crippen LogP contribution in [0.1, 0.15) is 11.1 Å². The van der Waals surface area contributed by atoms with Gasteiger partial charge in [0.05, 0.1) is 0 Å². The fraction of sp³-hybridized carbons (Fsp3) is 0.429. The van der Waals surface area contributed by atoms with Crippen molar-refractivity contribution in [2.75, 3.05) is 44.2 Å². The van der Waals surface area contributed by atoms with E-state index in [0.717, 1.165) is 47.5 Å². The predicted octanol–water partition coefficient (Wildman–Crippen LogP) is 4.17. The van der Waals surface area contributed by atoms with Gasteiger partial charge >= 0.3 is 0 Å². The summed E-state index contributed by atoms with van der Waals surface area (Å²) in [4.78, 5) is 4.63. The van der Waals surface area contributed by atoms with Gasteiger partial charge in [0.25, 0.3) is 0 Å². The molecule has 4 nitrogen and oxygen atoms in total. The summed E-state index contributed by atoms with van der Waals surface area (Å²) in [5.41, 5.74) is 3.40. The molecule has 146 valence electrons. The van der Waals surface area contributed by atoms with Crippen LogP contribution in [0.5, 0.6) is 5.75 Å². The van der Waals surface area contributed by atoms with Gasteiger partial charge in [-0.3, -0.25) is 4.90 Å². The number of ether oxygens (including phenoxy) is 1. The minimum Gasteiger partial charge on any atom is -0.491 e. The third-order valence-electron chi connectivity index (χ3n) is 4.92. The van der Waals surface area contributed by atoms with Gasteiger partial charge in [-0.2, -0.15) is 0 Å². The van der Waals surface area contributed by atoms with E-state index in [1.165, 1.54) is 11.3 Å². The van der Waals surface area contributed by atoms with Gasteiger partial charge in [0.15, 0.2) is 0 Å². The molecule has 0 aromatic heterocycles. The molecule has 3 rings (SSSR count). The van der Waals surface area contributed by atoms with Crippen LogP contribution in [-0.4, -0.2) is 55.4 Å². The van der Waals surface area contributed by atoms with Crippen LogP contribution in [0.3, 0.4) is 0 Å². The molecular weight excluding hydrogens is 383 g/mol. The Balaban J connectivity index is 1.45. The summed E-state index contributed by atoms with van der Waals surface area (Å²) in [5.74, 6) is 0.734. The van der Waals surface area contributed by atoms with Gasteiger partial charge < -0.3 is 14.7 Å². The van der Waals surface area contributed by atoms with Crippen molar-refractivity contribution in [2.45, 2.75) is 20.0 Å². The minimum atomic E-state index is -0.527. The van der Waals surface area contributed by atoms with Gasteiger partial charge in [-0.25, -0.2) is 0 Å². The molecule has 1 saturated heterocycles. The zero-order valence-corrected chi connectivity index (χ0v) is 17.3. The number of anilines is 1. The van der Waals surface area contributed by atoms with E-state index in [0.29, 0.717) is 6.54 Å². The molecule has 1 aliphatic heterocycles. The molecule has 27 heavy (non-hydrogen) atoms. The van der Waals surface area contributed by atoms with E-state index < -0.39 is 6.10 Å². The predicted molar refractivity (Wildman–Crippen MR) is 113 cm³/mol. The molecule has 0 amide bonds. The van der Waals surface area contributed by atoms with Crippen molar-refractivity contribution in [3.05, 3.63) is 57.6 Å². The maximum Gasteiger partial charge on any atom is 0.119 e. The Hall–Kier alpha value is -1.46. The molecule has 0 radical (unpaired) electrons. The summed E-state index contributed by atoms with van der Waals surface area (Å²) in [7, 11) is 0. The first kappa shape index (κ1) is 20.3. The lowest BCUT2D eigenvalue weighted by Crippen LogP contribution is -2.49. The van der Waals surface area contributed by atoms with Gasteiger partial charge in [0, 0.05) is 48.5 Å². The Morgan fingerprint density at radius 1 is 1.00 bits per heavy atom. The maximum absolute atomic E-state index is 10.3. The minimum absolute atomic E-state index is 0.273. The lowest BCUT2D eigenvalue weighted by Gasteiger charge is -2.37. The Morgan fingerprint density at radius 3 is 2.44 bits per heavy atom. The molecule has 2 aromatic rings. The third kappa shape index (κ3) is 5.52. The largest absolute Gasteiger partial charge is 0.491 e. The number of halogens is 2. The summed E-state index contributed by atoms with van der Waals surface area (Å²) in [5, 5.41) is 11.8. The summed E-state index contributed by atoms with van der Waals surface area (Å²) < 4.78 is 5.70. The Kier molecular flexibility index (Phi) is 6.88. The summed E-state index contributed by atoms with van der Waals surface area (Å²) in [6, 6.07) is 11.5. The van der Waals surface area contributed by atoms with Crippen molar-refractivity contribution in [1.82, 2.24) is 4.90 Å². The van der Waals surface area contributed by atoms with Gasteiger partial charge in [-0.15, -0.1) is 0 Å². The normalized spacial score (nSPS) is 16.4. The fourth-order valence-electron chi connectivity index (χ4n) is 3.34. The monoisotopic (exact) mass is 408 g/mol. The standard InChI is InChI=1S/C21H26Cl2N2O2/c1-15-3-4-17(22)12-21(15)25-9-7-24(8-10-25)13-18(26)14-27-19-5-6-20(23)16(2)11-19/h3-6,11-12,18,26H,7-10,13-14H2,1-2H3. The smallest absolute Gasteiger partial charge is 0.119 e. The van der Waals surface area contributed by atoms with Gasteiger partial charge in [-0.1, -0.05) is 29.3 Å². The van der Waals surface area contributed by atoms with Crippen LogP contribution in [0.4, 0.5) is 5.69 Å². The molecule has 1 atom stereocenters. The number of nitrogens with zero attached hydrogens (tertiary/aromatic N) is 2. The van der Waals surface area contributed by atoms with Crippen LogP contribution in [0.2, 0.25) is 10.0 Å². The number of hydrogen-bond acceptors (Lipinski definition) is 4. The fourth-order valence-corrected chi connectivity index (χ4v) is 3.63. The van der Waals surface area contributed by atoms with E-state index in [4.69, 9.17) is 27.9 Å². The van der Waals surface area contributed by atoms with Crippen LogP contribution in [0.25, 0.3) is 0 Å². The van der Waals surface area contributed by atoms with E-state index in [9.17, 15) is 5.11 Å². The molecule has 1 N–H and O–H groups in total. The van der Waals surface area contributed by atoms with Crippen molar-refractivity contribution in [2.24, 2.45) is 0 Å². The van der Waals surface area contributed by atoms with Crippen molar-refractivity contribution < 1.29 is 9.84 Å². The third-order valence-corrected chi connectivity index (χ3v) is 5.58. The molecule has 0 aliphatic carbocycles. The van der Waals surface area contributed by atoms with E-state index in [1.807, 2.05) is 37.3 Å². The molecule has 0 saturated carbocycles. The van der Waals surface area contributed by atoms with Crippen molar-refractivity contribution in [1.29, 1.82) is 0 Å². The van der Waals surface area contributed by atoms with Crippen LogP contribution in [0, 0.1) is 13.8 Å². The van der Waals surface area contributed by atoms with Gasteiger partial charge in [-0.05, 0) is 55.3 Å². The zero-order chi connectivity index (χ0) is 19.4. The van der Waals surface area contributed by atoms with Crippen LogP contribution < -0.4 is 9.64 Å². The lowest BCUT2D eigenvalue weighted by atomic mass is 10.1. The molecule has 1 fully saturated rings. The number of hydrogen-bond donors (Lipinski definition) is 1. The number of aliphatic hydroxyl groups is 1. The van der Waals surface area contributed by atoms with Crippen molar-refractivity contribution in [3.63, 3.8) is 0 Å². The Labute approximate surface area is 171 Å². The highest BCUT2D eigenvalue weighted by Gasteiger charge is 2.21. The number of aryl methyl sites for hydroxylation is 2. The highest BCUT2D eigenvalue weighted by molar-refractivity contribution is 6.31. The number of rotatable bonds is 6. The molecule has 0 spiro atoms. The van der Waals surface area contributed by atoms with Crippen LogP contribution in [-0.2, 0) is 0 Å². The highest BCUT2D eigenvalue weighted by atomic mass is 35.5. The first-order valence-corrected chi connectivity index (χ1v) is 9.98. The molecule has 2 aromatic carbocycles. The number of piperazine rings is 1. The average Bonchev–Trinajstić information content (AvgIpc) is 2.65. The molecular formula is C21H26Cl2N2O2. The molecule has 1 aliphatic rings. The maximum atomic E-state index is 10.3. The quantitative estimate of drug-likeness (QED) is 0.777. The summed E-state index contributed by atoms with van der Waals surface area (Å²) in [6.07, 6.45) is -0.527. The molecule has 1 unspecified atom stereocenters. The van der Waals surface area contributed by atoms with E-state index >= 15 is 0 Å². The topological polar surface area (TPSA) is 35.9 Å². The zero-order valence-electron chi connectivity index (χ0n) is 15.8. The molecule has 6 heteroatoms. The number of benzene rings is 2. The highest BCUT2D eigenvalue weighted by Crippen LogP contribution is 2.25. The second kappa shape index (κ2) is 9.16. The number of β-amino-alcohol motifs (C(OH)–C–C–N with tert-alkyl or cyclic N) is 1. The Morgan fingerprint density at radius 2 is 1.74 bits per heavy atom. The SMILES string of the molecule is Cc1cc(OCC(O)CN2CCN(c3cc(Cl)ccc3C)CC2)ccc1Cl. The number of aliphatic hydroxyl groups excluding tert-OH is 1. The van der Waals surface area contributed by atoms with Gasteiger partial charge in [0.1, 0.15) is 18.5 Å². The molecule has 1 heterocycles. The summed E-state index contributed by atoms with van der Waals surface area (Å²) in [6.45, 7) is 8.58. The van der Waals surface area contributed by atoms with Crippen LogP contribution >= 0.6 is 23.2 Å². The first-order chi connectivity index (χ1) is 12.9. The first-order valence-electron chi connectivity index (χ1n) is 9.23. The summed E-state index contributed by atoms with van der Waals surface area (Å²) >= 11 is 12.2. The second-order valence-electron chi connectivity index (χ2n) is 7.09. The van der Waals surface area contributed by atoms with Crippen molar-refractivity contribution >= 4 is 28.9 Å². The lowest BCUT2D eigenvalue weighted by molar-refractivity contribution is 0.0663. The average molecular weight is 409 g/mol. The van der Waals surface area contributed by atoms with Gasteiger partial charge in [0.2, 0.25) is 0 Å².